The number of thiocarbonyl (C=S) groups is 1. The smallest absolute Gasteiger partial charge is 0.270 e. The lowest BCUT2D eigenvalue weighted by Crippen LogP contribution is -2.27. The van der Waals surface area contributed by atoms with Crippen LogP contribution in [0.3, 0.4) is 0 Å². The molecule has 2 aromatic rings. The van der Waals surface area contributed by atoms with Crippen molar-refractivity contribution in [2.24, 2.45) is 0 Å². The normalized spacial score (nSPS) is 14.8. The third-order valence-electron chi connectivity index (χ3n) is 4.35. The van der Waals surface area contributed by atoms with Crippen LogP contribution in [0.25, 0.3) is 6.08 Å². The van der Waals surface area contributed by atoms with E-state index < -0.39 is 4.92 Å². The predicted molar refractivity (Wildman–Crippen MR) is 123 cm³/mol. The number of benzene rings is 2. The Morgan fingerprint density at radius 1 is 1.13 bits per heavy atom. The molecule has 0 saturated carbocycles. The zero-order valence-electron chi connectivity index (χ0n) is 16.9. The molecule has 2 aromatic carbocycles. The Hall–Kier alpha value is -3.11. The molecule has 0 aliphatic carbocycles. The van der Waals surface area contributed by atoms with Crippen molar-refractivity contribution in [3.8, 4) is 17.2 Å². The highest BCUT2D eigenvalue weighted by Crippen LogP contribution is 2.35. The quantitative estimate of drug-likeness (QED) is 0.180. The van der Waals surface area contributed by atoms with E-state index in [1.165, 1.54) is 23.1 Å². The number of carbonyl (C=O) groups excluding carboxylic acids is 1. The van der Waals surface area contributed by atoms with E-state index in [4.69, 9.17) is 26.4 Å². The summed E-state index contributed by atoms with van der Waals surface area (Å²) in [5.41, 5.74) is 0.318. The Morgan fingerprint density at radius 3 is 2.42 bits per heavy atom. The van der Waals surface area contributed by atoms with Gasteiger partial charge in [-0.05, 0) is 31.2 Å². The summed E-state index contributed by atoms with van der Waals surface area (Å²) >= 11 is 6.38. The molecule has 1 saturated heterocycles. The summed E-state index contributed by atoms with van der Waals surface area (Å²) in [6.07, 6.45) is 1.57. The molecule has 0 bridgehead atoms. The van der Waals surface area contributed by atoms with Crippen molar-refractivity contribution < 1.29 is 23.9 Å². The number of hydrogen-bond acceptors (Lipinski definition) is 8. The van der Waals surface area contributed by atoms with Crippen LogP contribution in [-0.2, 0) is 4.79 Å². The average molecular weight is 461 g/mol. The molecule has 1 aliphatic heterocycles. The number of ether oxygens (including phenoxy) is 3. The van der Waals surface area contributed by atoms with Gasteiger partial charge in [-0.2, -0.15) is 0 Å². The summed E-state index contributed by atoms with van der Waals surface area (Å²) in [6, 6.07) is 11.5. The Balaban J connectivity index is 1.76. The summed E-state index contributed by atoms with van der Waals surface area (Å²) in [5.74, 6) is 1.36. The first-order chi connectivity index (χ1) is 14.9. The van der Waals surface area contributed by atoms with E-state index in [-0.39, 0.29) is 24.8 Å². The monoisotopic (exact) mass is 460 g/mol. The average Bonchev–Trinajstić information content (AvgIpc) is 3.04. The highest BCUT2D eigenvalue weighted by molar-refractivity contribution is 8.26. The second kappa shape index (κ2) is 10.3. The molecule has 0 unspecified atom stereocenters. The van der Waals surface area contributed by atoms with E-state index in [1.54, 1.807) is 25.3 Å². The highest BCUT2D eigenvalue weighted by Gasteiger charge is 2.31. The number of non-ortho nitro benzene ring substituents is 1. The van der Waals surface area contributed by atoms with Gasteiger partial charge in [-0.15, -0.1) is 0 Å². The zero-order valence-corrected chi connectivity index (χ0v) is 18.5. The maximum absolute atomic E-state index is 12.5. The highest BCUT2D eigenvalue weighted by atomic mass is 32.2. The summed E-state index contributed by atoms with van der Waals surface area (Å²) in [5, 5.41) is 11.2. The molecule has 1 heterocycles. The van der Waals surface area contributed by atoms with Crippen molar-refractivity contribution in [3.63, 3.8) is 0 Å². The van der Waals surface area contributed by atoms with Crippen molar-refractivity contribution in [2.75, 3.05) is 26.9 Å². The van der Waals surface area contributed by atoms with Crippen molar-refractivity contribution in [3.05, 3.63) is 63.0 Å². The molecule has 1 amide bonds. The molecule has 0 spiro atoms. The fourth-order valence-corrected chi connectivity index (χ4v) is 4.22. The summed E-state index contributed by atoms with van der Waals surface area (Å²) in [7, 11) is 1.56. The van der Waals surface area contributed by atoms with Gasteiger partial charge in [0.1, 0.15) is 23.3 Å². The summed E-state index contributed by atoms with van der Waals surface area (Å²) < 4.78 is 17.2. The van der Waals surface area contributed by atoms with E-state index in [0.717, 1.165) is 11.8 Å². The van der Waals surface area contributed by atoms with E-state index in [0.29, 0.717) is 38.6 Å². The predicted octanol–water partition coefficient (Wildman–Crippen LogP) is 4.28. The zero-order chi connectivity index (χ0) is 22.4. The lowest BCUT2D eigenvalue weighted by molar-refractivity contribution is -0.384. The molecule has 0 radical (unpaired) electrons. The number of thioether (sulfide) groups is 1. The van der Waals surface area contributed by atoms with Crippen molar-refractivity contribution >= 4 is 46.0 Å². The number of nitro benzene ring substituents is 1. The standard InChI is InChI=1S/C21H20N2O6S2/c1-3-22-20(24)19(31-21(22)30)13-14-12-15(23(25)26)8-9-16(14)28-10-11-29-18-7-5-4-6-17(18)27-2/h4-9,12-13H,3,10-11H2,1-2H3. The van der Waals surface area contributed by atoms with Gasteiger partial charge >= 0.3 is 0 Å². The minimum absolute atomic E-state index is 0.102. The van der Waals surface area contributed by atoms with E-state index >= 15 is 0 Å². The van der Waals surface area contributed by atoms with Gasteiger partial charge in [-0.25, -0.2) is 0 Å². The van der Waals surface area contributed by atoms with E-state index in [1.807, 2.05) is 19.1 Å². The number of nitro groups is 1. The van der Waals surface area contributed by atoms with E-state index in [9.17, 15) is 14.9 Å². The van der Waals surface area contributed by atoms with Crippen molar-refractivity contribution in [1.29, 1.82) is 0 Å². The van der Waals surface area contributed by atoms with E-state index in [2.05, 4.69) is 0 Å². The molecule has 3 rings (SSSR count). The SMILES string of the molecule is CCN1C(=O)C(=Cc2cc([N+](=O)[O-])ccc2OCCOc2ccccc2OC)SC1=S. The van der Waals surface area contributed by atoms with Gasteiger partial charge in [0, 0.05) is 24.2 Å². The number of hydrogen-bond donors (Lipinski definition) is 0. The Labute approximate surface area is 188 Å². The molecule has 8 nitrogen and oxygen atoms in total. The first kappa shape index (κ1) is 22.6. The van der Waals surface area contributed by atoms with Crippen LogP contribution in [0.4, 0.5) is 5.69 Å². The van der Waals surface area contributed by atoms with Gasteiger partial charge in [0.2, 0.25) is 0 Å². The van der Waals surface area contributed by atoms with Gasteiger partial charge in [-0.1, -0.05) is 36.1 Å². The molecule has 10 heteroatoms. The number of carbonyl (C=O) groups is 1. The van der Waals surface area contributed by atoms with Crippen LogP contribution in [-0.4, -0.2) is 46.9 Å². The van der Waals surface area contributed by atoms with Gasteiger partial charge < -0.3 is 14.2 Å². The molecular formula is C21H20N2O6S2. The maximum Gasteiger partial charge on any atom is 0.270 e. The number of likely N-dealkylation sites (N-methyl/N-ethyl adjacent to an activating group) is 1. The first-order valence-electron chi connectivity index (χ1n) is 9.37. The molecular weight excluding hydrogens is 440 g/mol. The van der Waals surface area contributed by atoms with Gasteiger partial charge in [-0.3, -0.25) is 19.8 Å². The molecule has 1 fully saturated rings. The number of nitrogens with zero attached hydrogens (tertiary/aromatic N) is 2. The molecule has 0 atom stereocenters. The molecule has 1 aliphatic rings. The fraction of sp³-hybridized carbons (Fsp3) is 0.238. The topological polar surface area (TPSA) is 91.1 Å². The summed E-state index contributed by atoms with van der Waals surface area (Å²) in [4.78, 5) is 25.1. The summed E-state index contributed by atoms with van der Waals surface area (Å²) in [6.45, 7) is 2.71. The minimum atomic E-state index is -0.497. The van der Waals surface area contributed by atoms with Gasteiger partial charge in [0.05, 0.1) is 16.9 Å². The number of amides is 1. The molecule has 0 N–H and O–H groups in total. The van der Waals surface area contributed by atoms with Crippen LogP contribution in [0.5, 0.6) is 17.2 Å². The van der Waals surface area contributed by atoms with Crippen LogP contribution >= 0.6 is 24.0 Å². The second-order valence-electron chi connectivity index (χ2n) is 6.25. The number of methoxy groups -OCH3 is 1. The maximum atomic E-state index is 12.5. The van der Waals surface area contributed by atoms with Crippen LogP contribution in [0, 0.1) is 10.1 Å². The number of rotatable bonds is 9. The largest absolute Gasteiger partial charge is 0.493 e. The van der Waals surface area contributed by atoms with Crippen LogP contribution in [0.1, 0.15) is 12.5 Å². The molecule has 0 aromatic heterocycles. The minimum Gasteiger partial charge on any atom is -0.493 e. The Bertz CT molecular complexity index is 1040. The fourth-order valence-electron chi connectivity index (χ4n) is 2.85. The van der Waals surface area contributed by atoms with Gasteiger partial charge in [0.15, 0.2) is 11.5 Å². The lowest BCUT2D eigenvalue weighted by Gasteiger charge is -2.12. The van der Waals surface area contributed by atoms with Crippen molar-refractivity contribution in [1.82, 2.24) is 4.90 Å². The Kier molecular flexibility index (Phi) is 7.48. The molecule has 162 valence electrons. The first-order valence-corrected chi connectivity index (χ1v) is 10.6. The number of para-hydroxylation sites is 2. The van der Waals surface area contributed by atoms with Crippen molar-refractivity contribution in [2.45, 2.75) is 6.92 Å². The third-order valence-corrected chi connectivity index (χ3v) is 5.73. The Morgan fingerprint density at radius 2 is 1.81 bits per heavy atom. The van der Waals surface area contributed by atoms with Crippen LogP contribution in [0.15, 0.2) is 47.4 Å². The third kappa shape index (κ3) is 5.33. The van der Waals surface area contributed by atoms with Crippen LogP contribution in [0.2, 0.25) is 0 Å². The second-order valence-corrected chi connectivity index (χ2v) is 7.93. The lowest BCUT2D eigenvalue weighted by atomic mass is 10.1. The molecule has 31 heavy (non-hydrogen) atoms. The van der Waals surface area contributed by atoms with Crippen LogP contribution < -0.4 is 14.2 Å². The van der Waals surface area contributed by atoms with Gasteiger partial charge in [0.25, 0.3) is 11.6 Å².